The quantitative estimate of drug-likeness (QED) is 0.859. The second kappa shape index (κ2) is 6.70. The van der Waals surface area contributed by atoms with Gasteiger partial charge in [0.05, 0.1) is 0 Å². The van der Waals surface area contributed by atoms with Gasteiger partial charge in [-0.1, -0.05) is 6.07 Å². The van der Waals surface area contributed by atoms with E-state index in [0.717, 1.165) is 12.1 Å². The molecular weight excluding hydrogens is 291 g/mol. The lowest BCUT2D eigenvalue weighted by atomic mass is 9.98. The Balaban J connectivity index is 2.26. The van der Waals surface area contributed by atoms with Gasteiger partial charge in [-0.25, -0.2) is 8.78 Å². The molecule has 1 N–H and O–H groups in total. The van der Waals surface area contributed by atoms with Gasteiger partial charge in [-0.2, -0.15) is 13.2 Å². The third-order valence-electron chi connectivity index (χ3n) is 3.63. The summed E-state index contributed by atoms with van der Waals surface area (Å²) < 4.78 is 65.3. The molecule has 1 aliphatic heterocycles. The second-order valence-electron chi connectivity index (χ2n) is 5.09. The van der Waals surface area contributed by atoms with Crippen LogP contribution < -0.4 is 5.32 Å². The van der Waals surface area contributed by atoms with Gasteiger partial charge in [-0.05, 0) is 18.6 Å². The molecule has 1 aliphatic rings. The Kier molecular flexibility index (Phi) is 5.16. The van der Waals surface area contributed by atoms with Crippen LogP contribution in [-0.4, -0.2) is 37.3 Å². The first-order valence-electron chi connectivity index (χ1n) is 6.84. The van der Waals surface area contributed by atoms with E-state index in [0.29, 0.717) is 26.2 Å². The average molecular weight is 308 g/mol. The number of hydrogen-bond acceptors (Lipinski definition) is 2. The zero-order valence-corrected chi connectivity index (χ0v) is 11.4. The molecule has 0 spiro atoms. The van der Waals surface area contributed by atoms with Gasteiger partial charge < -0.3 is 5.32 Å². The molecule has 2 rings (SSSR count). The van der Waals surface area contributed by atoms with Crippen molar-refractivity contribution in [2.24, 2.45) is 0 Å². The van der Waals surface area contributed by atoms with Gasteiger partial charge in [0.25, 0.3) is 0 Å². The molecule has 1 aromatic rings. The van der Waals surface area contributed by atoms with Crippen LogP contribution in [0.2, 0.25) is 0 Å². The Bertz CT molecular complexity index is 449. The fraction of sp³-hybridized carbons (Fsp3) is 0.571. The van der Waals surface area contributed by atoms with E-state index in [1.807, 2.05) is 0 Å². The molecule has 1 fully saturated rings. The highest BCUT2D eigenvalue weighted by Crippen LogP contribution is 2.34. The van der Waals surface area contributed by atoms with E-state index in [-0.39, 0.29) is 12.0 Å². The fourth-order valence-electron chi connectivity index (χ4n) is 2.63. The minimum absolute atomic E-state index is 0.261. The van der Waals surface area contributed by atoms with Crippen LogP contribution in [-0.2, 0) is 0 Å². The molecule has 0 saturated carbocycles. The SMILES string of the molecule is Fc1cccc(F)c1[C@H](CCC(F)(F)F)N1CCNCC1. The summed E-state index contributed by atoms with van der Waals surface area (Å²) in [5, 5.41) is 3.07. The maximum absolute atomic E-state index is 13.9. The number of piperazine rings is 1. The molecular formula is C14H17F5N2. The Morgan fingerprint density at radius 1 is 1.10 bits per heavy atom. The summed E-state index contributed by atoms with van der Waals surface area (Å²) in [6.07, 6.45) is -5.75. The zero-order valence-electron chi connectivity index (χ0n) is 11.4. The van der Waals surface area contributed by atoms with E-state index < -0.39 is 30.3 Å². The van der Waals surface area contributed by atoms with Gasteiger partial charge in [0.1, 0.15) is 11.6 Å². The summed E-state index contributed by atoms with van der Waals surface area (Å²) in [6, 6.07) is 2.49. The highest BCUT2D eigenvalue weighted by atomic mass is 19.4. The maximum atomic E-state index is 13.9. The highest BCUT2D eigenvalue weighted by Gasteiger charge is 2.33. The van der Waals surface area contributed by atoms with Crippen LogP contribution in [0.3, 0.4) is 0 Å². The van der Waals surface area contributed by atoms with Crippen LogP contribution in [0.1, 0.15) is 24.4 Å². The van der Waals surface area contributed by atoms with E-state index in [2.05, 4.69) is 5.32 Å². The Morgan fingerprint density at radius 3 is 2.19 bits per heavy atom. The zero-order chi connectivity index (χ0) is 15.5. The van der Waals surface area contributed by atoms with Crippen LogP contribution in [0.4, 0.5) is 22.0 Å². The molecule has 1 saturated heterocycles. The molecule has 0 aliphatic carbocycles. The molecule has 1 aromatic carbocycles. The van der Waals surface area contributed by atoms with Crippen molar-refractivity contribution in [1.82, 2.24) is 10.2 Å². The van der Waals surface area contributed by atoms with Gasteiger partial charge in [-0.3, -0.25) is 4.90 Å². The number of nitrogens with one attached hydrogen (secondary N) is 1. The molecule has 0 unspecified atom stereocenters. The van der Waals surface area contributed by atoms with Crippen molar-refractivity contribution < 1.29 is 22.0 Å². The molecule has 0 amide bonds. The lowest BCUT2D eigenvalue weighted by molar-refractivity contribution is -0.138. The Labute approximate surface area is 119 Å². The van der Waals surface area contributed by atoms with Gasteiger partial charge in [0.2, 0.25) is 0 Å². The largest absolute Gasteiger partial charge is 0.389 e. The predicted molar refractivity (Wildman–Crippen MR) is 68.8 cm³/mol. The lowest BCUT2D eigenvalue weighted by Crippen LogP contribution is -2.45. The van der Waals surface area contributed by atoms with Crippen molar-refractivity contribution in [2.45, 2.75) is 25.1 Å². The summed E-state index contributed by atoms with van der Waals surface area (Å²) in [5.74, 6) is -1.58. The van der Waals surface area contributed by atoms with Crippen LogP contribution in [0.5, 0.6) is 0 Å². The summed E-state index contributed by atoms with van der Waals surface area (Å²) >= 11 is 0. The van der Waals surface area contributed by atoms with Crippen molar-refractivity contribution >= 4 is 0 Å². The first kappa shape index (κ1) is 16.2. The number of nitrogens with zero attached hydrogens (tertiary/aromatic N) is 1. The van der Waals surface area contributed by atoms with Crippen molar-refractivity contribution in [2.75, 3.05) is 26.2 Å². The molecule has 0 aromatic heterocycles. The summed E-state index contributed by atoms with van der Waals surface area (Å²) in [4.78, 5) is 1.71. The summed E-state index contributed by atoms with van der Waals surface area (Å²) in [7, 11) is 0. The van der Waals surface area contributed by atoms with Gasteiger partial charge >= 0.3 is 6.18 Å². The topological polar surface area (TPSA) is 15.3 Å². The fourth-order valence-corrected chi connectivity index (χ4v) is 2.63. The first-order valence-corrected chi connectivity index (χ1v) is 6.84. The number of halogens is 5. The highest BCUT2D eigenvalue weighted by molar-refractivity contribution is 5.23. The summed E-state index contributed by atoms with van der Waals surface area (Å²) in [6.45, 7) is 2.13. The van der Waals surface area contributed by atoms with Crippen LogP contribution in [0.25, 0.3) is 0 Å². The minimum Gasteiger partial charge on any atom is -0.314 e. The Hall–Kier alpha value is -1.21. The van der Waals surface area contributed by atoms with Crippen LogP contribution in [0.15, 0.2) is 18.2 Å². The van der Waals surface area contributed by atoms with Gasteiger partial charge in [0.15, 0.2) is 0 Å². The number of benzene rings is 1. The van der Waals surface area contributed by atoms with E-state index >= 15 is 0 Å². The van der Waals surface area contributed by atoms with Gasteiger partial charge in [0, 0.05) is 44.2 Å². The van der Waals surface area contributed by atoms with E-state index in [9.17, 15) is 22.0 Å². The molecule has 1 heterocycles. The van der Waals surface area contributed by atoms with Crippen molar-refractivity contribution in [3.8, 4) is 0 Å². The Morgan fingerprint density at radius 2 is 1.67 bits per heavy atom. The smallest absolute Gasteiger partial charge is 0.314 e. The monoisotopic (exact) mass is 308 g/mol. The molecule has 0 bridgehead atoms. The standard InChI is InChI=1S/C14H17F5N2/c15-10-2-1-3-11(16)13(10)12(4-5-14(17,18)19)21-8-6-20-7-9-21/h1-3,12,20H,4-9H2/t12-/m0/s1. The van der Waals surface area contributed by atoms with Gasteiger partial charge in [-0.15, -0.1) is 0 Å². The number of hydrogen-bond donors (Lipinski definition) is 1. The predicted octanol–water partition coefficient (Wildman–Crippen LogP) is 3.25. The number of alkyl halides is 3. The molecule has 118 valence electrons. The van der Waals surface area contributed by atoms with Crippen molar-refractivity contribution in [3.05, 3.63) is 35.4 Å². The van der Waals surface area contributed by atoms with Crippen molar-refractivity contribution in [3.63, 3.8) is 0 Å². The van der Waals surface area contributed by atoms with Crippen molar-refractivity contribution in [1.29, 1.82) is 0 Å². The molecule has 0 radical (unpaired) electrons. The molecule has 1 atom stereocenters. The average Bonchev–Trinajstić information content (AvgIpc) is 2.42. The second-order valence-corrected chi connectivity index (χ2v) is 5.09. The van der Waals surface area contributed by atoms with E-state index in [4.69, 9.17) is 0 Å². The van der Waals surface area contributed by atoms with Crippen LogP contribution >= 0.6 is 0 Å². The molecule has 2 nitrogen and oxygen atoms in total. The lowest BCUT2D eigenvalue weighted by Gasteiger charge is -2.35. The third kappa shape index (κ3) is 4.38. The maximum Gasteiger partial charge on any atom is 0.389 e. The third-order valence-corrected chi connectivity index (χ3v) is 3.63. The summed E-state index contributed by atoms with van der Waals surface area (Å²) in [5.41, 5.74) is -0.261. The minimum atomic E-state index is -4.34. The molecule has 7 heteroatoms. The number of rotatable bonds is 4. The van der Waals surface area contributed by atoms with E-state index in [1.54, 1.807) is 4.90 Å². The first-order chi connectivity index (χ1) is 9.88. The van der Waals surface area contributed by atoms with E-state index in [1.165, 1.54) is 6.07 Å². The molecule has 21 heavy (non-hydrogen) atoms. The normalized spacial score (nSPS) is 18.7. The van der Waals surface area contributed by atoms with Crippen LogP contribution in [0, 0.1) is 11.6 Å².